The lowest BCUT2D eigenvalue weighted by Crippen LogP contribution is -2.32. The molecule has 1 rings (SSSR count). The van der Waals surface area contributed by atoms with E-state index in [1.807, 2.05) is 13.8 Å². The molecule has 0 aliphatic heterocycles. The summed E-state index contributed by atoms with van der Waals surface area (Å²) in [4.78, 5) is 0. The second-order valence-corrected chi connectivity index (χ2v) is 6.18. The van der Waals surface area contributed by atoms with Gasteiger partial charge in [0.05, 0.1) is 5.56 Å². The number of benzene rings is 1. The van der Waals surface area contributed by atoms with Crippen LogP contribution in [-0.4, -0.2) is 18.3 Å². The summed E-state index contributed by atoms with van der Waals surface area (Å²) < 4.78 is 39.0. The van der Waals surface area contributed by atoms with E-state index in [0.717, 1.165) is 12.5 Å². The number of hydrogen-bond donors (Lipinski definition) is 2. The van der Waals surface area contributed by atoms with Crippen molar-refractivity contribution >= 4 is 0 Å². The first-order valence-corrected chi connectivity index (χ1v) is 7.18. The van der Waals surface area contributed by atoms with Crippen molar-refractivity contribution in [3.63, 3.8) is 0 Å². The van der Waals surface area contributed by atoms with Gasteiger partial charge in [0.15, 0.2) is 0 Å². The van der Waals surface area contributed by atoms with Crippen LogP contribution in [0, 0.1) is 5.41 Å². The monoisotopic (exact) mass is 303 g/mol. The Morgan fingerprint density at radius 2 is 1.81 bits per heavy atom. The van der Waals surface area contributed by atoms with Crippen LogP contribution in [0.1, 0.15) is 50.8 Å². The van der Waals surface area contributed by atoms with Gasteiger partial charge in [-0.15, -0.1) is 0 Å². The molecule has 0 aromatic heterocycles. The zero-order chi connectivity index (χ0) is 16.1. The first-order chi connectivity index (χ1) is 9.67. The second-order valence-electron chi connectivity index (χ2n) is 6.18. The van der Waals surface area contributed by atoms with Crippen LogP contribution in [0.3, 0.4) is 0 Å². The summed E-state index contributed by atoms with van der Waals surface area (Å²) >= 11 is 0. The maximum atomic E-state index is 13.0. The fraction of sp³-hybridized carbons (Fsp3) is 0.625. The lowest BCUT2D eigenvalue weighted by atomic mass is 9.87. The molecule has 0 saturated carbocycles. The number of hydrogen-bond acceptors (Lipinski definition) is 2. The van der Waals surface area contributed by atoms with E-state index in [4.69, 9.17) is 5.11 Å². The Hall–Kier alpha value is -1.07. The highest BCUT2D eigenvalue weighted by Gasteiger charge is 2.34. The van der Waals surface area contributed by atoms with Crippen LogP contribution in [0.25, 0.3) is 0 Å². The van der Waals surface area contributed by atoms with E-state index in [1.165, 1.54) is 12.1 Å². The van der Waals surface area contributed by atoms with E-state index in [-0.39, 0.29) is 23.6 Å². The van der Waals surface area contributed by atoms with Crippen molar-refractivity contribution in [1.82, 2.24) is 5.32 Å². The Balaban J connectivity index is 2.75. The van der Waals surface area contributed by atoms with Crippen LogP contribution in [0.5, 0.6) is 0 Å². The predicted octanol–water partition coefficient (Wildman–Crippen LogP) is 4.15. The molecule has 0 aliphatic carbocycles. The molecule has 1 unspecified atom stereocenters. The molecule has 0 heterocycles. The Morgan fingerprint density at radius 1 is 1.19 bits per heavy atom. The quantitative estimate of drug-likeness (QED) is 0.793. The topological polar surface area (TPSA) is 32.3 Å². The van der Waals surface area contributed by atoms with Crippen molar-refractivity contribution in [1.29, 1.82) is 0 Å². The van der Waals surface area contributed by atoms with Gasteiger partial charge in [-0.05, 0) is 36.8 Å². The smallest absolute Gasteiger partial charge is 0.396 e. The van der Waals surface area contributed by atoms with E-state index < -0.39 is 11.7 Å². The molecule has 0 bridgehead atoms. The molecule has 0 saturated heterocycles. The molecule has 0 radical (unpaired) electrons. The van der Waals surface area contributed by atoms with Crippen LogP contribution in [0.4, 0.5) is 13.2 Å². The minimum absolute atomic E-state index is 0.0653. The Morgan fingerprint density at radius 3 is 2.38 bits per heavy atom. The molecule has 0 fully saturated rings. The van der Waals surface area contributed by atoms with Gasteiger partial charge in [0.1, 0.15) is 0 Å². The summed E-state index contributed by atoms with van der Waals surface area (Å²) in [5.74, 6) is 0. The van der Waals surface area contributed by atoms with E-state index in [2.05, 4.69) is 5.32 Å². The van der Waals surface area contributed by atoms with Gasteiger partial charge in [-0.3, -0.25) is 0 Å². The molecular formula is C16H24F3NO. The van der Waals surface area contributed by atoms with Gasteiger partial charge in [0, 0.05) is 19.2 Å². The lowest BCUT2D eigenvalue weighted by Gasteiger charge is -2.28. The van der Waals surface area contributed by atoms with Crippen molar-refractivity contribution < 1.29 is 18.3 Å². The standard InChI is InChI=1S/C16H24F3NO/c1-12(20-11-15(2,3)9-6-10-21)13-7-4-5-8-14(13)16(17,18)19/h4-5,7-8,12,20-21H,6,9-11H2,1-3H3. The maximum absolute atomic E-state index is 13.0. The highest BCUT2D eigenvalue weighted by atomic mass is 19.4. The number of alkyl halides is 3. The fourth-order valence-corrected chi connectivity index (χ4v) is 2.32. The number of aliphatic hydroxyl groups excluding tert-OH is 1. The molecule has 0 amide bonds. The van der Waals surface area contributed by atoms with Crippen LogP contribution in [-0.2, 0) is 6.18 Å². The summed E-state index contributed by atoms with van der Waals surface area (Å²) in [6.45, 7) is 6.55. The van der Waals surface area contributed by atoms with Crippen LogP contribution >= 0.6 is 0 Å². The van der Waals surface area contributed by atoms with Gasteiger partial charge in [-0.1, -0.05) is 32.0 Å². The number of halogens is 3. The molecule has 21 heavy (non-hydrogen) atoms. The Labute approximate surface area is 124 Å². The van der Waals surface area contributed by atoms with Gasteiger partial charge in [-0.2, -0.15) is 13.2 Å². The summed E-state index contributed by atoms with van der Waals surface area (Å²) in [6.07, 6.45) is -2.81. The largest absolute Gasteiger partial charge is 0.416 e. The molecule has 2 nitrogen and oxygen atoms in total. The van der Waals surface area contributed by atoms with Crippen LogP contribution < -0.4 is 5.32 Å². The van der Waals surface area contributed by atoms with Crippen molar-refractivity contribution in [3.8, 4) is 0 Å². The van der Waals surface area contributed by atoms with Crippen LogP contribution in [0.2, 0.25) is 0 Å². The SMILES string of the molecule is CC(NCC(C)(C)CCCO)c1ccccc1C(F)(F)F. The third kappa shape index (κ3) is 5.67. The third-order valence-electron chi connectivity index (χ3n) is 3.63. The van der Waals surface area contributed by atoms with Crippen LogP contribution in [0.15, 0.2) is 24.3 Å². The first kappa shape index (κ1) is 18.0. The van der Waals surface area contributed by atoms with Gasteiger partial charge >= 0.3 is 6.18 Å². The fourth-order valence-electron chi connectivity index (χ4n) is 2.32. The van der Waals surface area contributed by atoms with Gasteiger partial charge in [-0.25, -0.2) is 0 Å². The van der Waals surface area contributed by atoms with E-state index >= 15 is 0 Å². The molecule has 1 atom stereocenters. The van der Waals surface area contributed by atoms with Gasteiger partial charge < -0.3 is 10.4 Å². The normalized spacial score (nSPS) is 14.2. The molecule has 1 aromatic carbocycles. The second kappa shape index (κ2) is 7.27. The molecule has 5 heteroatoms. The van der Waals surface area contributed by atoms with E-state index in [9.17, 15) is 13.2 Å². The van der Waals surface area contributed by atoms with Crippen molar-refractivity contribution in [2.24, 2.45) is 5.41 Å². The lowest BCUT2D eigenvalue weighted by molar-refractivity contribution is -0.138. The maximum Gasteiger partial charge on any atom is 0.416 e. The van der Waals surface area contributed by atoms with Crippen molar-refractivity contribution in [2.45, 2.75) is 45.8 Å². The van der Waals surface area contributed by atoms with Gasteiger partial charge in [0.2, 0.25) is 0 Å². The zero-order valence-corrected chi connectivity index (χ0v) is 12.8. The Bertz CT molecular complexity index is 443. The first-order valence-electron chi connectivity index (χ1n) is 7.18. The molecule has 0 aliphatic rings. The predicted molar refractivity (Wildman–Crippen MR) is 78.0 cm³/mol. The molecular weight excluding hydrogens is 279 g/mol. The summed E-state index contributed by atoms with van der Waals surface area (Å²) in [6, 6.07) is 5.28. The number of rotatable bonds is 7. The number of aliphatic hydroxyl groups is 1. The minimum atomic E-state index is -4.33. The van der Waals surface area contributed by atoms with Crippen molar-refractivity contribution in [3.05, 3.63) is 35.4 Å². The van der Waals surface area contributed by atoms with E-state index in [0.29, 0.717) is 13.0 Å². The summed E-state index contributed by atoms with van der Waals surface area (Å²) in [5.41, 5.74) is -0.384. The zero-order valence-electron chi connectivity index (χ0n) is 12.8. The third-order valence-corrected chi connectivity index (χ3v) is 3.63. The molecule has 2 N–H and O–H groups in total. The number of nitrogens with one attached hydrogen (secondary N) is 1. The van der Waals surface area contributed by atoms with E-state index in [1.54, 1.807) is 13.0 Å². The average molecular weight is 303 g/mol. The highest BCUT2D eigenvalue weighted by Crippen LogP contribution is 2.34. The molecule has 1 aromatic rings. The highest BCUT2D eigenvalue weighted by molar-refractivity contribution is 5.32. The minimum Gasteiger partial charge on any atom is -0.396 e. The summed E-state index contributed by atoms with van der Waals surface area (Å²) in [5, 5.41) is 12.0. The van der Waals surface area contributed by atoms with Crippen molar-refractivity contribution in [2.75, 3.05) is 13.2 Å². The average Bonchev–Trinajstić information content (AvgIpc) is 2.42. The summed E-state index contributed by atoms with van der Waals surface area (Å²) in [7, 11) is 0. The Kier molecular flexibility index (Phi) is 6.23. The molecule has 0 spiro atoms. The molecule has 120 valence electrons. The van der Waals surface area contributed by atoms with Gasteiger partial charge in [0.25, 0.3) is 0 Å².